The second-order valence-electron chi connectivity index (χ2n) is 5.32. The van der Waals surface area contributed by atoms with E-state index < -0.39 is 0 Å². The van der Waals surface area contributed by atoms with E-state index in [1.165, 1.54) is 0 Å². The molecule has 4 nitrogen and oxygen atoms in total. The van der Waals surface area contributed by atoms with Crippen LogP contribution in [0.2, 0.25) is 0 Å². The van der Waals surface area contributed by atoms with E-state index in [-0.39, 0.29) is 0 Å². The Morgan fingerprint density at radius 1 is 0.538 bits per heavy atom. The normalized spacial score (nSPS) is 11.4. The molecule has 0 aromatic heterocycles. The van der Waals surface area contributed by atoms with Crippen molar-refractivity contribution in [3.8, 4) is 23.0 Å². The van der Waals surface area contributed by atoms with Gasteiger partial charge in [0.2, 0.25) is 0 Å². The second-order valence-corrected chi connectivity index (χ2v) is 5.32. The van der Waals surface area contributed by atoms with Crippen molar-refractivity contribution < 1.29 is 18.9 Å². The molecule has 2 aromatic rings. The van der Waals surface area contributed by atoms with E-state index in [2.05, 4.69) is 0 Å². The molecule has 0 bridgehead atoms. The molecule has 4 heteroatoms. The van der Waals surface area contributed by atoms with E-state index in [4.69, 9.17) is 18.9 Å². The number of benzene rings is 2. The third-order valence-corrected chi connectivity index (χ3v) is 3.77. The van der Waals surface area contributed by atoms with Gasteiger partial charge >= 0.3 is 0 Å². The minimum Gasteiger partial charge on any atom is -0.497 e. The number of hydrogen-bond donors (Lipinski definition) is 0. The predicted molar refractivity (Wildman–Crippen MR) is 106 cm³/mol. The minimum absolute atomic E-state index is 0.769. The molecular weight excluding hydrogens is 328 g/mol. The third kappa shape index (κ3) is 5.18. The van der Waals surface area contributed by atoms with Crippen LogP contribution in [0.1, 0.15) is 11.1 Å². The summed E-state index contributed by atoms with van der Waals surface area (Å²) in [7, 11) is 6.56. The van der Waals surface area contributed by atoms with E-state index in [1.807, 2.05) is 72.9 Å². The van der Waals surface area contributed by atoms with Gasteiger partial charge in [0.05, 0.1) is 28.4 Å². The molecule has 136 valence electrons. The molecule has 0 saturated heterocycles. The molecule has 0 radical (unpaired) electrons. The first kappa shape index (κ1) is 19.2. The Hall–Kier alpha value is -3.14. The van der Waals surface area contributed by atoms with Crippen LogP contribution in [0.15, 0.2) is 60.7 Å². The van der Waals surface area contributed by atoms with Crippen molar-refractivity contribution >= 4 is 12.2 Å². The van der Waals surface area contributed by atoms with Crippen molar-refractivity contribution in [1.29, 1.82) is 0 Å². The zero-order chi connectivity index (χ0) is 18.8. The number of hydrogen-bond acceptors (Lipinski definition) is 4. The number of allylic oxidation sites excluding steroid dienone is 4. The van der Waals surface area contributed by atoms with E-state index in [0.29, 0.717) is 0 Å². The lowest BCUT2D eigenvalue weighted by atomic mass is 10.1. The summed E-state index contributed by atoms with van der Waals surface area (Å²) >= 11 is 0. The second kappa shape index (κ2) is 9.99. The van der Waals surface area contributed by atoms with Crippen LogP contribution >= 0.6 is 0 Å². The zero-order valence-electron chi connectivity index (χ0n) is 15.6. The molecule has 2 aromatic carbocycles. The Morgan fingerprint density at radius 3 is 1.31 bits per heavy atom. The van der Waals surface area contributed by atoms with Crippen molar-refractivity contribution in [2.75, 3.05) is 28.4 Å². The van der Waals surface area contributed by atoms with Gasteiger partial charge in [0.25, 0.3) is 0 Å². The Labute approximate surface area is 155 Å². The van der Waals surface area contributed by atoms with Gasteiger partial charge in [-0.05, 0) is 24.3 Å². The van der Waals surface area contributed by atoms with Crippen molar-refractivity contribution in [3.05, 3.63) is 71.8 Å². The highest BCUT2D eigenvalue weighted by molar-refractivity contribution is 5.62. The largest absolute Gasteiger partial charge is 0.497 e. The lowest BCUT2D eigenvalue weighted by Gasteiger charge is -2.07. The average molecular weight is 352 g/mol. The molecule has 26 heavy (non-hydrogen) atoms. The Bertz CT molecular complexity index is 736. The maximum Gasteiger partial charge on any atom is 0.129 e. The quantitative estimate of drug-likeness (QED) is 0.626. The van der Waals surface area contributed by atoms with Gasteiger partial charge in [-0.15, -0.1) is 0 Å². The fraction of sp³-hybridized carbons (Fsp3) is 0.182. The number of ether oxygens (including phenoxy) is 4. The van der Waals surface area contributed by atoms with E-state index in [0.717, 1.165) is 34.1 Å². The molecule has 0 spiro atoms. The van der Waals surface area contributed by atoms with Gasteiger partial charge in [-0.25, -0.2) is 0 Å². The molecule has 0 aliphatic heterocycles. The average Bonchev–Trinajstić information content (AvgIpc) is 2.70. The Balaban J connectivity index is 2.03. The van der Waals surface area contributed by atoms with Crippen LogP contribution in [-0.4, -0.2) is 28.4 Å². The van der Waals surface area contributed by atoms with Crippen LogP contribution in [0.25, 0.3) is 12.2 Å². The topological polar surface area (TPSA) is 36.9 Å². The number of rotatable bonds is 8. The van der Waals surface area contributed by atoms with E-state index in [9.17, 15) is 0 Å². The summed E-state index contributed by atoms with van der Waals surface area (Å²) in [5, 5.41) is 0. The maximum absolute atomic E-state index is 5.37. The summed E-state index contributed by atoms with van der Waals surface area (Å²) in [4.78, 5) is 0. The van der Waals surface area contributed by atoms with Crippen molar-refractivity contribution in [2.24, 2.45) is 0 Å². The Kier molecular flexibility index (Phi) is 7.37. The van der Waals surface area contributed by atoms with Crippen LogP contribution in [0.3, 0.4) is 0 Å². The van der Waals surface area contributed by atoms with Crippen molar-refractivity contribution in [2.45, 2.75) is 0 Å². The maximum atomic E-state index is 5.37. The first-order chi connectivity index (χ1) is 12.7. The highest BCUT2D eigenvalue weighted by Crippen LogP contribution is 2.26. The molecule has 2 rings (SSSR count). The molecule has 0 fully saturated rings. The van der Waals surface area contributed by atoms with Crippen LogP contribution in [-0.2, 0) is 0 Å². The zero-order valence-corrected chi connectivity index (χ0v) is 15.6. The highest BCUT2D eigenvalue weighted by Gasteiger charge is 2.02. The molecule has 0 unspecified atom stereocenters. The summed E-state index contributed by atoms with van der Waals surface area (Å²) in [6.45, 7) is 0. The van der Waals surface area contributed by atoms with Crippen LogP contribution < -0.4 is 18.9 Å². The number of methoxy groups -OCH3 is 4. The van der Waals surface area contributed by atoms with Gasteiger partial charge in [0.1, 0.15) is 23.0 Å². The summed E-state index contributed by atoms with van der Waals surface area (Å²) in [6, 6.07) is 11.4. The van der Waals surface area contributed by atoms with Crippen LogP contribution in [0, 0.1) is 0 Å². The standard InChI is InChI=1S/C22H24O4/c1-23-19-13-11-17(21(15-19)25-3)9-7-5-6-8-10-18-12-14-20(24-2)16-22(18)26-4/h5-16H,1-4H3. The minimum atomic E-state index is 0.769. The Morgan fingerprint density at radius 2 is 0.962 bits per heavy atom. The summed E-state index contributed by atoms with van der Waals surface area (Å²) in [5.74, 6) is 3.08. The van der Waals surface area contributed by atoms with Gasteiger partial charge in [-0.1, -0.05) is 36.5 Å². The SMILES string of the molecule is COc1ccc(C=CC=CC=Cc2ccc(OC)cc2OC)c(OC)c1. The molecule has 0 aliphatic carbocycles. The van der Waals surface area contributed by atoms with Gasteiger partial charge in [0.15, 0.2) is 0 Å². The highest BCUT2D eigenvalue weighted by atomic mass is 16.5. The smallest absolute Gasteiger partial charge is 0.129 e. The molecule has 0 amide bonds. The lowest BCUT2D eigenvalue weighted by Crippen LogP contribution is -1.89. The molecule has 0 heterocycles. The van der Waals surface area contributed by atoms with E-state index in [1.54, 1.807) is 28.4 Å². The summed E-state index contributed by atoms with van der Waals surface area (Å²) in [5.41, 5.74) is 1.97. The van der Waals surface area contributed by atoms with Crippen LogP contribution in [0.4, 0.5) is 0 Å². The first-order valence-electron chi connectivity index (χ1n) is 8.17. The monoisotopic (exact) mass is 352 g/mol. The van der Waals surface area contributed by atoms with Gasteiger partial charge in [-0.3, -0.25) is 0 Å². The summed E-state index contributed by atoms with van der Waals surface area (Å²) in [6.07, 6.45) is 11.8. The van der Waals surface area contributed by atoms with Crippen molar-refractivity contribution in [1.82, 2.24) is 0 Å². The molecule has 0 aliphatic rings. The lowest BCUT2D eigenvalue weighted by molar-refractivity contribution is 0.393. The fourth-order valence-electron chi connectivity index (χ4n) is 2.36. The molecule has 0 N–H and O–H groups in total. The van der Waals surface area contributed by atoms with Gasteiger partial charge < -0.3 is 18.9 Å². The van der Waals surface area contributed by atoms with Crippen molar-refractivity contribution in [3.63, 3.8) is 0 Å². The van der Waals surface area contributed by atoms with Gasteiger partial charge in [0, 0.05) is 23.3 Å². The molecule has 0 saturated carbocycles. The fourth-order valence-corrected chi connectivity index (χ4v) is 2.36. The molecule has 0 atom stereocenters. The van der Waals surface area contributed by atoms with Crippen LogP contribution in [0.5, 0.6) is 23.0 Å². The summed E-state index contributed by atoms with van der Waals surface area (Å²) < 4.78 is 21.1. The third-order valence-electron chi connectivity index (χ3n) is 3.77. The predicted octanol–water partition coefficient (Wildman–Crippen LogP) is 5.00. The van der Waals surface area contributed by atoms with Gasteiger partial charge in [-0.2, -0.15) is 0 Å². The molecular formula is C22H24O4. The van der Waals surface area contributed by atoms with E-state index >= 15 is 0 Å². The first-order valence-corrected chi connectivity index (χ1v) is 8.17.